The quantitative estimate of drug-likeness (QED) is 0.919. The highest BCUT2D eigenvalue weighted by atomic mass is 16.2. The molecule has 1 aliphatic heterocycles. The topological polar surface area (TPSA) is 56.1 Å². The Bertz CT molecular complexity index is 527. The van der Waals surface area contributed by atoms with E-state index in [4.69, 9.17) is 5.26 Å². The highest BCUT2D eigenvalue weighted by molar-refractivity contribution is 5.84. The summed E-state index contributed by atoms with van der Waals surface area (Å²) in [6, 6.07) is 7.35. The van der Waals surface area contributed by atoms with Crippen molar-refractivity contribution in [2.24, 2.45) is 0 Å². The number of carbonyl (C=O) groups is 1. The maximum atomic E-state index is 12.4. The first-order valence-electron chi connectivity index (χ1n) is 7.18. The molecule has 1 N–H and O–H groups in total. The van der Waals surface area contributed by atoms with E-state index in [0.717, 1.165) is 37.2 Å². The Kier molecular flexibility index (Phi) is 4.62. The van der Waals surface area contributed by atoms with Crippen molar-refractivity contribution >= 4 is 11.6 Å². The van der Waals surface area contributed by atoms with Gasteiger partial charge in [0, 0.05) is 18.8 Å². The fourth-order valence-corrected chi connectivity index (χ4v) is 2.53. The Morgan fingerprint density at radius 3 is 2.70 bits per heavy atom. The van der Waals surface area contributed by atoms with Crippen LogP contribution in [0.15, 0.2) is 18.2 Å². The minimum absolute atomic E-state index is 0.145. The number of nitriles is 1. The van der Waals surface area contributed by atoms with Gasteiger partial charge < -0.3 is 10.2 Å². The molecule has 1 fully saturated rings. The van der Waals surface area contributed by atoms with Crippen LogP contribution in [0.1, 0.15) is 37.3 Å². The summed E-state index contributed by atoms with van der Waals surface area (Å²) in [5.74, 6) is 0.145. The van der Waals surface area contributed by atoms with Crippen LogP contribution in [0.5, 0.6) is 0 Å². The Balaban J connectivity index is 2.05. The van der Waals surface area contributed by atoms with Crippen LogP contribution < -0.4 is 5.32 Å². The number of hydrogen-bond acceptors (Lipinski definition) is 3. The average Bonchev–Trinajstić information content (AvgIpc) is 2.49. The number of piperidine rings is 1. The molecule has 0 radical (unpaired) electrons. The van der Waals surface area contributed by atoms with Crippen LogP contribution in [-0.2, 0) is 4.79 Å². The molecule has 0 aliphatic carbocycles. The molecule has 1 aliphatic rings. The van der Waals surface area contributed by atoms with Gasteiger partial charge in [-0.1, -0.05) is 6.07 Å². The fourth-order valence-electron chi connectivity index (χ4n) is 2.53. The molecule has 1 aromatic rings. The lowest BCUT2D eigenvalue weighted by Gasteiger charge is -2.30. The monoisotopic (exact) mass is 271 g/mol. The zero-order chi connectivity index (χ0) is 14.5. The summed E-state index contributed by atoms with van der Waals surface area (Å²) >= 11 is 0. The van der Waals surface area contributed by atoms with Crippen LogP contribution in [0.2, 0.25) is 0 Å². The third-order valence-electron chi connectivity index (χ3n) is 3.78. The average molecular weight is 271 g/mol. The van der Waals surface area contributed by atoms with E-state index < -0.39 is 0 Å². The molecule has 0 saturated carbocycles. The minimum Gasteiger partial charge on any atom is -0.374 e. The number of anilines is 1. The molecule has 1 atom stereocenters. The van der Waals surface area contributed by atoms with Crippen molar-refractivity contribution in [1.29, 1.82) is 5.26 Å². The van der Waals surface area contributed by atoms with Gasteiger partial charge in [-0.3, -0.25) is 4.79 Å². The Labute approximate surface area is 120 Å². The standard InChI is InChI=1S/C16H21N3O/c1-12-6-7-14(11-17)10-15(12)18-13(2)16(20)19-8-4-3-5-9-19/h6-7,10,13,18H,3-5,8-9H2,1-2H3. The van der Waals surface area contributed by atoms with Gasteiger partial charge in [0.1, 0.15) is 6.04 Å². The number of nitrogens with zero attached hydrogens (tertiary/aromatic N) is 2. The predicted octanol–water partition coefficient (Wildman–Crippen LogP) is 2.68. The summed E-state index contributed by atoms with van der Waals surface area (Å²) in [4.78, 5) is 14.3. The van der Waals surface area contributed by atoms with E-state index in [2.05, 4.69) is 11.4 Å². The summed E-state index contributed by atoms with van der Waals surface area (Å²) in [7, 11) is 0. The highest BCUT2D eigenvalue weighted by Gasteiger charge is 2.22. The van der Waals surface area contributed by atoms with Crippen LogP contribution in [0, 0.1) is 18.3 Å². The van der Waals surface area contributed by atoms with Gasteiger partial charge >= 0.3 is 0 Å². The summed E-state index contributed by atoms with van der Waals surface area (Å²) < 4.78 is 0. The molecule has 2 rings (SSSR count). The fraction of sp³-hybridized carbons (Fsp3) is 0.500. The lowest BCUT2D eigenvalue weighted by Crippen LogP contribution is -2.44. The molecule has 0 bridgehead atoms. The number of nitrogens with one attached hydrogen (secondary N) is 1. The second-order valence-corrected chi connectivity index (χ2v) is 5.39. The van der Waals surface area contributed by atoms with Gasteiger partial charge in [-0.15, -0.1) is 0 Å². The van der Waals surface area contributed by atoms with E-state index in [-0.39, 0.29) is 11.9 Å². The van der Waals surface area contributed by atoms with E-state index in [9.17, 15) is 4.79 Å². The van der Waals surface area contributed by atoms with Crippen molar-refractivity contribution in [3.63, 3.8) is 0 Å². The molecular weight excluding hydrogens is 250 g/mol. The number of aryl methyl sites for hydroxylation is 1. The number of benzene rings is 1. The van der Waals surface area contributed by atoms with Crippen LogP contribution in [0.4, 0.5) is 5.69 Å². The SMILES string of the molecule is Cc1ccc(C#N)cc1NC(C)C(=O)N1CCCCC1. The summed E-state index contributed by atoms with van der Waals surface area (Å²) in [6.45, 7) is 5.58. The van der Waals surface area contributed by atoms with Crippen molar-refractivity contribution in [3.8, 4) is 6.07 Å². The van der Waals surface area contributed by atoms with Gasteiger partial charge in [-0.25, -0.2) is 0 Å². The molecule has 1 heterocycles. The first-order valence-corrected chi connectivity index (χ1v) is 7.18. The van der Waals surface area contributed by atoms with Crippen molar-refractivity contribution in [2.75, 3.05) is 18.4 Å². The second-order valence-electron chi connectivity index (χ2n) is 5.39. The number of hydrogen-bond donors (Lipinski definition) is 1. The van der Waals surface area contributed by atoms with Crippen molar-refractivity contribution in [3.05, 3.63) is 29.3 Å². The third-order valence-corrected chi connectivity index (χ3v) is 3.78. The van der Waals surface area contributed by atoms with Gasteiger partial charge in [-0.2, -0.15) is 5.26 Å². The van der Waals surface area contributed by atoms with Crippen LogP contribution in [-0.4, -0.2) is 29.9 Å². The lowest BCUT2D eigenvalue weighted by molar-refractivity contribution is -0.132. The van der Waals surface area contributed by atoms with Gasteiger partial charge in [0.05, 0.1) is 11.6 Å². The molecule has 20 heavy (non-hydrogen) atoms. The summed E-state index contributed by atoms with van der Waals surface area (Å²) in [6.07, 6.45) is 3.41. The molecule has 1 saturated heterocycles. The summed E-state index contributed by atoms with van der Waals surface area (Å²) in [5.41, 5.74) is 2.51. The number of carbonyl (C=O) groups excluding carboxylic acids is 1. The normalized spacial score (nSPS) is 16.4. The zero-order valence-electron chi connectivity index (χ0n) is 12.1. The number of likely N-dealkylation sites (tertiary alicyclic amines) is 1. The maximum absolute atomic E-state index is 12.4. The molecule has 1 aromatic carbocycles. The van der Waals surface area contributed by atoms with Gasteiger partial charge in [0.15, 0.2) is 0 Å². The Morgan fingerprint density at radius 2 is 2.05 bits per heavy atom. The van der Waals surface area contributed by atoms with Crippen LogP contribution >= 0.6 is 0 Å². The van der Waals surface area contributed by atoms with Crippen LogP contribution in [0.25, 0.3) is 0 Å². The van der Waals surface area contributed by atoms with Crippen LogP contribution in [0.3, 0.4) is 0 Å². The molecule has 0 aromatic heterocycles. The third kappa shape index (κ3) is 3.30. The van der Waals surface area contributed by atoms with Gasteiger partial charge in [0.2, 0.25) is 5.91 Å². The summed E-state index contributed by atoms with van der Waals surface area (Å²) in [5, 5.41) is 12.2. The van der Waals surface area contributed by atoms with Crippen molar-refractivity contribution in [2.45, 2.75) is 39.2 Å². The smallest absolute Gasteiger partial charge is 0.244 e. The van der Waals surface area contributed by atoms with Gasteiger partial charge in [0.25, 0.3) is 0 Å². The zero-order valence-corrected chi connectivity index (χ0v) is 12.1. The molecule has 0 spiro atoms. The van der Waals surface area contributed by atoms with Gasteiger partial charge in [-0.05, 0) is 50.8 Å². The van der Waals surface area contributed by atoms with Crippen molar-refractivity contribution < 1.29 is 4.79 Å². The second kappa shape index (κ2) is 6.42. The Hall–Kier alpha value is -2.02. The largest absolute Gasteiger partial charge is 0.374 e. The molecule has 106 valence electrons. The first kappa shape index (κ1) is 14.4. The maximum Gasteiger partial charge on any atom is 0.244 e. The van der Waals surface area contributed by atoms with E-state index in [0.29, 0.717) is 5.56 Å². The van der Waals surface area contributed by atoms with E-state index in [1.165, 1.54) is 6.42 Å². The molecular formula is C16H21N3O. The Morgan fingerprint density at radius 1 is 1.35 bits per heavy atom. The number of amides is 1. The molecule has 1 amide bonds. The molecule has 4 heteroatoms. The van der Waals surface area contributed by atoms with E-state index in [1.807, 2.05) is 24.8 Å². The van der Waals surface area contributed by atoms with E-state index in [1.54, 1.807) is 12.1 Å². The molecule has 1 unspecified atom stereocenters. The first-order chi connectivity index (χ1) is 9.61. The lowest BCUT2D eigenvalue weighted by atomic mass is 10.1. The van der Waals surface area contributed by atoms with Crippen molar-refractivity contribution in [1.82, 2.24) is 4.90 Å². The number of rotatable bonds is 3. The molecule has 4 nitrogen and oxygen atoms in total. The van der Waals surface area contributed by atoms with E-state index >= 15 is 0 Å². The minimum atomic E-state index is -0.263. The predicted molar refractivity (Wildman–Crippen MR) is 79.4 cm³/mol. The highest BCUT2D eigenvalue weighted by Crippen LogP contribution is 2.18.